The van der Waals surface area contributed by atoms with Gasteiger partial charge in [-0.2, -0.15) is 0 Å². The lowest BCUT2D eigenvalue weighted by Gasteiger charge is -2.37. The molecule has 262 valence electrons. The third kappa shape index (κ3) is 8.26. The van der Waals surface area contributed by atoms with Crippen LogP contribution in [0.5, 0.6) is 0 Å². The predicted molar refractivity (Wildman–Crippen MR) is 176 cm³/mol. The molecule has 0 radical (unpaired) electrons. The number of hydrogen-bond acceptors (Lipinski definition) is 11. The number of nitrogens with zero attached hydrogens (tertiary/aromatic N) is 4. The van der Waals surface area contributed by atoms with Gasteiger partial charge in [-0.05, 0) is 58.2 Å². The molecule has 2 amide bonds. The number of rotatable bonds is 14. The fraction of sp³-hybridized carbons (Fsp3) is 0.529. The van der Waals surface area contributed by atoms with Gasteiger partial charge in [0.25, 0.3) is 11.8 Å². The van der Waals surface area contributed by atoms with Crippen molar-refractivity contribution in [3.8, 4) is 0 Å². The molecule has 14 nitrogen and oxygen atoms in total. The molecular weight excluding hydrogens is 622 g/mol. The Bertz CT molecular complexity index is 1530. The van der Waals surface area contributed by atoms with Crippen LogP contribution in [-0.2, 0) is 32.9 Å². The average molecular weight is 670 g/mol. The van der Waals surface area contributed by atoms with E-state index in [9.17, 15) is 35.1 Å². The Kier molecular flexibility index (Phi) is 12.4. The van der Waals surface area contributed by atoms with Gasteiger partial charge in [-0.3, -0.25) is 14.3 Å². The maximum atomic E-state index is 14.0. The van der Waals surface area contributed by atoms with Gasteiger partial charge in [0.2, 0.25) is 0 Å². The zero-order chi connectivity index (χ0) is 35.2. The largest absolute Gasteiger partial charge is 0.396 e. The SMILES string of the molecule is CC(C)=CCC/C(C)=C/CN1C(=O)[C@@](O)([C@@H](C)/C=C/CCn2cc(CCO)nn2)c2cc(NC(=O)[C@H]3O[C@@H](O)[C@H](O)[C@@H](O)[C@@H]3O)ccc21. The van der Waals surface area contributed by atoms with Gasteiger partial charge in [-0.1, -0.05) is 47.6 Å². The summed E-state index contributed by atoms with van der Waals surface area (Å²) < 4.78 is 6.70. The molecule has 0 aliphatic carbocycles. The molecule has 0 unspecified atom stereocenters. The molecule has 1 aromatic heterocycles. The highest BCUT2D eigenvalue weighted by Gasteiger charge is 2.52. The molecular formula is C34H47N5O9. The van der Waals surface area contributed by atoms with E-state index in [1.165, 1.54) is 22.6 Å². The lowest BCUT2D eigenvalue weighted by atomic mass is 9.82. The molecule has 0 spiro atoms. The number of hydrogen-bond donors (Lipinski definition) is 7. The van der Waals surface area contributed by atoms with Crippen molar-refractivity contribution in [3.05, 3.63) is 71.1 Å². The Morgan fingerprint density at radius 1 is 1.10 bits per heavy atom. The summed E-state index contributed by atoms with van der Waals surface area (Å²) in [6.07, 6.45) is 3.05. The van der Waals surface area contributed by atoms with Gasteiger partial charge < -0.3 is 45.6 Å². The summed E-state index contributed by atoms with van der Waals surface area (Å²) in [6.45, 7) is 8.49. The van der Waals surface area contributed by atoms with E-state index in [2.05, 4.69) is 21.7 Å². The lowest BCUT2D eigenvalue weighted by molar-refractivity contribution is -0.274. The number of aryl methyl sites for hydroxylation is 1. The van der Waals surface area contributed by atoms with E-state index < -0.39 is 54.0 Å². The van der Waals surface area contributed by atoms with Crippen LogP contribution in [0, 0.1) is 5.92 Å². The zero-order valence-electron chi connectivity index (χ0n) is 27.7. The van der Waals surface area contributed by atoms with Crippen LogP contribution in [0.2, 0.25) is 0 Å². The number of carbonyl (C=O) groups is 2. The summed E-state index contributed by atoms with van der Waals surface area (Å²) in [4.78, 5) is 28.6. The van der Waals surface area contributed by atoms with E-state index >= 15 is 0 Å². The summed E-state index contributed by atoms with van der Waals surface area (Å²) in [6, 6.07) is 4.63. The first-order chi connectivity index (χ1) is 22.8. The smallest absolute Gasteiger partial charge is 0.264 e. The summed E-state index contributed by atoms with van der Waals surface area (Å²) in [7, 11) is 0. The van der Waals surface area contributed by atoms with Gasteiger partial charge in [0.1, 0.15) is 18.3 Å². The first-order valence-electron chi connectivity index (χ1n) is 16.1. The Hall–Kier alpha value is -3.76. The number of aromatic nitrogens is 3. The second-order valence-electron chi connectivity index (χ2n) is 12.6. The molecule has 1 aromatic carbocycles. The maximum absolute atomic E-state index is 14.0. The van der Waals surface area contributed by atoms with Crippen molar-refractivity contribution in [2.45, 2.75) is 96.2 Å². The van der Waals surface area contributed by atoms with Crippen LogP contribution in [0.1, 0.15) is 58.2 Å². The van der Waals surface area contributed by atoms with Crippen LogP contribution >= 0.6 is 0 Å². The predicted octanol–water partition coefficient (Wildman–Crippen LogP) is 1.06. The molecule has 1 saturated heterocycles. The Morgan fingerprint density at radius 2 is 1.85 bits per heavy atom. The molecule has 7 atom stereocenters. The van der Waals surface area contributed by atoms with Crippen LogP contribution in [-0.4, -0.2) is 101 Å². The van der Waals surface area contributed by atoms with Crippen LogP contribution in [0.3, 0.4) is 0 Å². The second kappa shape index (κ2) is 16.1. The summed E-state index contributed by atoms with van der Waals surface area (Å²) >= 11 is 0. The summed E-state index contributed by atoms with van der Waals surface area (Å²) in [5.41, 5.74) is 1.91. The Labute approximate surface area is 279 Å². The Balaban J connectivity index is 1.57. The monoisotopic (exact) mass is 669 g/mol. The van der Waals surface area contributed by atoms with Crippen molar-refractivity contribution >= 4 is 23.2 Å². The molecule has 0 saturated carbocycles. The highest BCUT2D eigenvalue weighted by Crippen LogP contribution is 2.46. The fourth-order valence-electron chi connectivity index (χ4n) is 5.76. The van der Waals surface area contributed by atoms with E-state index in [1.54, 1.807) is 29.9 Å². The number of benzene rings is 1. The number of nitrogens with one attached hydrogen (secondary N) is 1. The van der Waals surface area contributed by atoms with Gasteiger partial charge in [0.15, 0.2) is 18.0 Å². The molecule has 2 aliphatic heterocycles. The third-order valence-electron chi connectivity index (χ3n) is 8.66. The molecule has 2 aromatic rings. The Morgan fingerprint density at radius 3 is 2.56 bits per heavy atom. The van der Waals surface area contributed by atoms with Crippen molar-refractivity contribution < 1.29 is 45.0 Å². The van der Waals surface area contributed by atoms with Crippen molar-refractivity contribution in [1.82, 2.24) is 15.0 Å². The standard InChI is InChI=1S/C34H47N5O9/c1-20(2)8-7-9-21(3)13-16-39-26-12-11-23(35-31(44)30-28(42)27(41)29(43)32(45)48-30)18-25(26)34(47,33(39)46)22(4)10-5-6-15-38-19-24(14-17-40)36-37-38/h5,8,10-13,18-19,22,27-30,32,40-43,45,47H,6-7,9,14-17H2,1-4H3,(H,35,44)/b10-5+,21-13+/t22-,27-,28-,29+,30-,32+,34+/m0/s1. The molecule has 4 rings (SSSR count). The first kappa shape index (κ1) is 37.1. The van der Waals surface area contributed by atoms with Crippen molar-refractivity contribution in [2.24, 2.45) is 5.92 Å². The van der Waals surface area contributed by atoms with Crippen LogP contribution in [0.15, 0.2) is 59.8 Å². The second-order valence-corrected chi connectivity index (χ2v) is 12.6. The van der Waals surface area contributed by atoms with Gasteiger partial charge in [0, 0.05) is 49.5 Å². The molecule has 1 fully saturated rings. The van der Waals surface area contributed by atoms with Crippen LogP contribution < -0.4 is 10.2 Å². The van der Waals surface area contributed by atoms with Crippen molar-refractivity contribution in [2.75, 3.05) is 23.4 Å². The maximum Gasteiger partial charge on any atom is 0.264 e. The van der Waals surface area contributed by atoms with Crippen LogP contribution in [0.25, 0.3) is 0 Å². The minimum atomic E-state index is -1.99. The van der Waals surface area contributed by atoms with E-state index in [-0.39, 0.29) is 24.4 Å². The van der Waals surface area contributed by atoms with E-state index in [0.29, 0.717) is 30.8 Å². The quantitative estimate of drug-likeness (QED) is 0.141. The number of ether oxygens (including phenoxy) is 1. The van der Waals surface area contributed by atoms with Gasteiger partial charge in [-0.15, -0.1) is 5.10 Å². The molecule has 3 heterocycles. The highest BCUT2D eigenvalue weighted by atomic mass is 16.6. The number of aliphatic hydroxyl groups is 6. The van der Waals surface area contributed by atoms with E-state index in [1.807, 2.05) is 32.9 Å². The van der Waals surface area contributed by atoms with Gasteiger partial charge >= 0.3 is 0 Å². The number of carbonyl (C=O) groups excluding carboxylic acids is 2. The number of allylic oxidation sites excluding steroid dienone is 4. The minimum absolute atomic E-state index is 0.0232. The summed E-state index contributed by atoms with van der Waals surface area (Å²) in [5.74, 6) is -2.13. The van der Waals surface area contributed by atoms with Gasteiger partial charge in [-0.25, -0.2) is 0 Å². The fourth-order valence-corrected chi connectivity index (χ4v) is 5.76. The van der Waals surface area contributed by atoms with Crippen molar-refractivity contribution in [1.29, 1.82) is 0 Å². The first-order valence-corrected chi connectivity index (χ1v) is 16.1. The number of anilines is 2. The van der Waals surface area contributed by atoms with Crippen molar-refractivity contribution in [3.63, 3.8) is 0 Å². The van der Waals surface area contributed by atoms with Crippen LogP contribution in [0.4, 0.5) is 11.4 Å². The lowest BCUT2D eigenvalue weighted by Crippen LogP contribution is -2.60. The van der Waals surface area contributed by atoms with E-state index in [0.717, 1.165) is 18.4 Å². The summed E-state index contributed by atoms with van der Waals surface area (Å²) in [5, 5.41) is 71.8. The molecule has 2 aliphatic rings. The topological polar surface area (TPSA) is 211 Å². The number of amides is 2. The molecule has 48 heavy (non-hydrogen) atoms. The zero-order valence-corrected chi connectivity index (χ0v) is 27.7. The third-order valence-corrected chi connectivity index (χ3v) is 8.66. The molecule has 14 heteroatoms. The molecule has 0 bridgehead atoms. The normalized spacial score (nSPS) is 26.5. The molecule has 7 N–H and O–H groups in total. The number of aliphatic hydroxyl groups excluding tert-OH is 5. The minimum Gasteiger partial charge on any atom is -0.396 e. The highest BCUT2D eigenvalue weighted by molar-refractivity contribution is 6.08. The average Bonchev–Trinajstić information content (AvgIpc) is 3.58. The van der Waals surface area contributed by atoms with E-state index in [4.69, 9.17) is 9.84 Å². The number of fused-ring (bicyclic) bond motifs is 1. The van der Waals surface area contributed by atoms with Gasteiger partial charge in [0.05, 0.1) is 11.4 Å².